The molecule has 0 aliphatic carbocycles. The number of nitrogens with zero attached hydrogens (tertiary/aromatic N) is 2. The molecule has 1 heterocycles. The van der Waals surface area contributed by atoms with Gasteiger partial charge in [-0.1, -0.05) is 30.3 Å². The van der Waals surface area contributed by atoms with E-state index < -0.39 is 46.7 Å². The molecule has 1 N–H and O–H groups in total. The summed E-state index contributed by atoms with van der Waals surface area (Å²) < 4.78 is 46.7. The van der Waals surface area contributed by atoms with Gasteiger partial charge in [-0.2, -0.15) is 0 Å². The first-order valence-corrected chi connectivity index (χ1v) is 13.3. The molecule has 0 unspecified atom stereocenters. The van der Waals surface area contributed by atoms with E-state index in [0.29, 0.717) is 34.0 Å². The Labute approximate surface area is 233 Å². The average molecular weight is 570 g/mol. The lowest BCUT2D eigenvalue weighted by Crippen LogP contribution is -2.36. The second-order valence-electron chi connectivity index (χ2n) is 8.71. The summed E-state index contributed by atoms with van der Waals surface area (Å²) in [5, 5.41) is 1.35. The highest BCUT2D eigenvalue weighted by atomic mass is 32.2. The summed E-state index contributed by atoms with van der Waals surface area (Å²) in [4.78, 5) is 40.9. The van der Waals surface area contributed by atoms with Crippen molar-refractivity contribution < 1.29 is 32.3 Å². The second-order valence-corrected chi connectivity index (χ2v) is 9.70. The molecule has 1 saturated heterocycles. The van der Waals surface area contributed by atoms with Crippen molar-refractivity contribution in [3.63, 3.8) is 0 Å². The molecule has 0 spiro atoms. The summed E-state index contributed by atoms with van der Waals surface area (Å²) in [5.74, 6) is -5.92. The normalized spacial score (nSPS) is 14.1. The van der Waals surface area contributed by atoms with Gasteiger partial charge in [0.05, 0.1) is 10.6 Å². The van der Waals surface area contributed by atoms with E-state index in [1.54, 1.807) is 6.07 Å². The van der Waals surface area contributed by atoms with Gasteiger partial charge in [-0.25, -0.2) is 13.2 Å². The minimum Gasteiger partial charge on any atom is -0.488 e. The summed E-state index contributed by atoms with van der Waals surface area (Å²) >= 11 is 0.644. The summed E-state index contributed by atoms with van der Waals surface area (Å²) in [5.41, 5.74) is 1.83. The largest absolute Gasteiger partial charge is 0.488 e. The minimum absolute atomic E-state index is 0.0666. The number of hydrogen-bond donors (Lipinski definition) is 1. The predicted molar refractivity (Wildman–Crippen MR) is 148 cm³/mol. The molecule has 0 bridgehead atoms. The molecule has 0 aromatic heterocycles. The number of anilines is 2. The molecule has 4 rings (SSSR count). The summed E-state index contributed by atoms with van der Waals surface area (Å²) in [7, 11) is 0. The molecule has 3 aromatic carbocycles. The third kappa shape index (κ3) is 6.48. The fourth-order valence-electron chi connectivity index (χ4n) is 4.02. The van der Waals surface area contributed by atoms with E-state index >= 15 is 0 Å². The first-order chi connectivity index (χ1) is 19.2. The number of carbonyl (C=O) groups is 3. The molecule has 0 saturated carbocycles. The molecule has 0 atom stereocenters. The molecule has 3 aromatic rings. The van der Waals surface area contributed by atoms with Crippen molar-refractivity contribution in [2.24, 2.45) is 0 Å². The Morgan fingerprint density at radius 2 is 1.73 bits per heavy atom. The number of imide groups is 1. The Kier molecular flexibility index (Phi) is 9.15. The first kappa shape index (κ1) is 28.8. The monoisotopic (exact) mass is 569 g/mol. The maximum absolute atomic E-state index is 13.9. The van der Waals surface area contributed by atoms with Crippen molar-refractivity contribution in [1.82, 2.24) is 4.90 Å². The number of halogens is 3. The van der Waals surface area contributed by atoms with Crippen LogP contribution in [-0.4, -0.2) is 41.6 Å². The molecule has 11 heteroatoms. The van der Waals surface area contributed by atoms with E-state index in [9.17, 15) is 27.6 Å². The van der Waals surface area contributed by atoms with Crippen molar-refractivity contribution >= 4 is 46.3 Å². The van der Waals surface area contributed by atoms with Gasteiger partial charge >= 0.3 is 0 Å². The highest BCUT2D eigenvalue weighted by Crippen LogP contribution is 2.35. The molecule has 1 aliphatic heterocycles. The van der Waals surface area contributed by atoms with Gasteiger partial charge in [0.1, 0.15) is 18.9 Å². The first-order valence-electron chi connectivity index (χ1n) is 12.5. The van der Waals surface area contributed by atoms with E-state index in [2.05, 4.69) is 10.2 Å². The molecular formula is C29H26F3N3O4S. The van der Waals surface area contributed by atoms with Crippen molar-refractivity contribution in [2.45, 2.75) is 20.5 Å². The van der Waals surface area contributed by atoms with E-state index in [1.807, 2.05) is 56.3 Å². The molecule has 0 radical (unpaired) electrons. The van der Waals surface area contributed by atoms with Crippen molar-refractivity contribution in [3.8, 4) is 5.75 Å². The minimum atomic E-state index is -1.75. The standard InChI is InChI=1S/C29H26F3N3O4S/c1-3-34(4-2)20-11-10-19(23(15-20)39-17-18-8-6-5-7-9-18)14-24-28(37)35(29(38)40-24)16-25(36)33-22-13-12-21(30)26(31)27(22)32/h5-15H,3-4,16-17H2,1-2H3,(H,33,36)/b24-14+. The maximum atomic E-state index is 13.9. The zero-order chi connectivity index (χ0) is 28.8. The average Bonchev–Trinajstić information content (AvgIpc) is 3.21. The van der Waals surface area contributed by atoms with E-state index in [0.717, 1.165) is 30.4 Å². The van der Waals surface area contributed by atoms with Crippen LogP contribution < -0.4 is 15.0 Å². The van der Waals surface area contributed by atoms with Crippen molar-refractivity contribution in [3.05, 3.63) is 94.1 Å². The van der Waals surface area contributed by atoms with Crippen LogP contribution in [0.2, 0.25) is 0 Å². The lowest BCUT2D eigenvalue weighted by atomic mass is 10.1. The Balaban J connectivity index is 1.54. The quantitative estimate of drug-likeness (QED) is 0.231. The summed E-state index contributed by atoms with van der Waals surface area (Å²) in [6.07, 6.45) is 1.52. The van der Waals surface area contributed by atoms with Crippen molar-refractivity contribution in [1.29, 1.82) is 0 Å². The highest BCUT2D eigenvalue weighted by Gasteiger charge is 2.36. The van der Waals surface area contributed by atoms with Gasteiger partial charge in [-0.3, -0.25) is 19.3 Å². The van der Waals surface area contributed by atoms with Crippen LogP contribution >= 0.6 is 11.8 Å². The second kappa shape index (κ2) is 12.7. The Morgan fingerprint density at radius 3 is 2.42 bits per heavy atom. The van der Waals surface area contributed by atoms with Crippen LogP contribution in [0.3, 0.4) is 0 Å². The third-order valence-corrected chi connectivity index (χ3v) is 7.04. The van der Waals surface area contributed by atoms with Crippen LogP contribution in [0.25, 0.3) is 6.08 Å². The van der Waals surface area contributed by atoms with Gasteiger partial charge in [0, 0.05) is 30.4 Å². The van der Waals surface area contributed by atoms with Crippen LogP contribution in [0.1, 0.15) is 25.0 Å². The van der Waals surface area contributed by atoms with Crippen LogP contribution in [0.15, 0.2) is 65.6 Å². The van der Waals surface area contributed by atoms with E-state index in [4.69, 9.17) is 4.74 Å². The van der Waals surface area contributed by atoms with Crippen LogP contribution in [0.4, 0.5) is 29.3 Å². The molecular weight excluding hydrogens is 543 g/mol. The summed E-state index contributed by atoms with van der Waals surface area (Å²) in [6.45, 7) is 5.18. The van der Waals surface area contributed by atoms with E-state index in [1.165, 1.54) is 6.08 Å². The number of thioether (sulfide) groups is 1. The van der Waals surface area contributed by atoms with Crippen LogP contribution in [0, 0.1) is 17.5 Å². The number of benzene rings is 3. The fraction of sp³-hybridized carbons (Fsp3) is 0.207. The number of nitrogens with one attached hydrogen (secondary N) is 1. The number of amides is 3. The molecule has 7 nitrogen and oxygen atoms in total. The SMILES string of the molecule is CCN(CC)c1ccc(/C=C2/SC(=O)N(CC(=O)Nc3ccc(F)c(F)c3F)C2=O)c(OCc2ccccc2)c1. The molecule has 3 amide bonds. The number of rotatable bonds is 10. The lowest BCUT2D eigenvalue weighted by Gasteiger charge is -2.22. The Hall–Kier alpha value is -4.25. The Bertz CT molecular complexity index is 1460. The fourth-order valence-corrected chi connectivity index (χ4v) is 4.85. The highest BCUT2D eigenvalue weighted by molar-refractivity contribution is 8.18. The van der Waals surface area contributed by atoms with Gasteiger partial charge < -0.3 is 15.0 Å². The topological polar surface area (TPSA) is 79.0 Å². The van der Waals surface area contributed by atoms with Crippen LogP contribution in [0.5, 0.6) is 5.75 Å². The number of ether oxygens (including phenoxy) is 1. The maximum Gasteiger partial charge on any atom is 0.294 e. The summed E-state index contributed by atoms with van der Waals surface area (Å²) in [6, 6.07) is 16.6. The predicted octanol–water partition coefficient (Wildman–Crippen LogP) is 6.20. The van der Waals surface area contributed by atoms with Crippen LogP contribution in [-0.2, 0) is 16.2 Å². The van der Waals surface area contributed by atoms with E-state index in [-0.39, 0.29) is 11.5 Å². The van der Waals surface area contributed by atoms with Gasteiger partial charge in [0.25, 0.3) is 11.1 Å². The third-order valence-electron chi connectivity index (χ3n) is 6.13. The Morgan fingerprint density at radius 1 is 1.00 bits per heavy atom. The zero-order valence-electron chi connectivity index (χ0n) is 21.7. The van der Waals surface area contributed by atoms with Gasteiger partial charge in [0.15, 0.2) is 17.5 Å². The lowest BCUT2D eigenvalue weighted by molar-refractivity contribution is -0.127. The smallest absolute Gasteiger partial charge is 0.294 e. The molecule has 1 aliphatic rings. The zero-order valence-corrected chi connectivity index (χ0v) is 22.6. The molecule has 1 fully saturated rings. The van der Waals surface area contributed by atoms with Gasteiger partial charge in [-0.05, 0) is 61.5 Å². The van der Waals surface area contributed by atoms with Gasteiger partial charge in [0.2, 0.25) is 5.91 Å². The van der Waals surface area contributed by atoms with Crippen molar-refractivity contribution in [2.75, 3.05) is 29.9 Å². The number of carbonyl (C=O) groups excluding carboxylic acids is 3. The molecule has 208 valence electrons. The molecule has 40 heavy (non-hydrogen) atoms. The number of hydrogen-bond acceptors (Lipinski definition) is 6. The van der Waals surface area contributed by atoms with Gasteiger partial charge in [-0.15, -0.1) is 0 Å².